The number of rotatable bonds is 7. The average Bonchev–Trinajstić information content (AvgIpc) is 2.91. The fourth-order valence-electron chi connectivity index (χ4n) is 2.60. The number of carbonyl (C=O) groups excluding carboxylic acids is 1. The highest BCUT2D eigenvalue weighted by Crippen LogP contribution is 2.16. The predicted molar refractivity (Wildman–Crippen MR) is 82.4 cm³/mol. The standard InChI is InChI=1S/C16H27N3O3/c1-12(2)4-5-16(20)19-9-6-14(7-10-19)21-11-8-15-17-13(3)22-18-15/h12,14H,4-11H2,1-3H3. The first-order valence-corrected chi connectivity index (χ1v) is 8.23. The fourth-order valence-corrected chi connectivity index (χ4v) is 2.60. The van der Waals surface area contributed by atoms with E-state index < -0.39 is 0 Å². The molecule has 2 rings (SSSR count). The lowest BCUT2D eigenvalue weighted by Gasteiger charge is -2.32. The third kappa shape index (κ3) is 5.40. The molecule has 1 aliphatic heterocycles. The molecule has 1 aliphatic rings. The van der Waals surface area contributed by atoms with Crippen LogP contribution in [0.4, 0.5) is 0 Å². The molecular weight excluding hydrogens is 282 g/mol. The first kappa shape index (κ1) is 16.9. The number of carbonyl (C=O) groups is 1. The third-order valence-corrected chi connectivity index (χ3v) is 3.98. The smallest absolute Gasteiger partial charge is 0.223 e. The molecule has 22 heavy (non-hydrogen) atoms. The Morgan fingerprint density at radius 1 is 1.41 bits per heavy atom. The number of amides is 1. The van der Waals surface area contributed by atoms with E-state index in [1.807, 2.05) is 4.90 Å². The van der Waals surface area contributed by atoms with Crippen LogP contribution in [0.3, 0.4) is 0 Å². The van der Waals surface area contributed by atoms with E-state index in [1.165, 1.54) is 0 Å². The molecule has 0 bridgehead atoms. The van der Waals surface area contributed by atoms with Gasteiger partial charge in [0.2, 0.25) is 11.8 Å². The predicted octanol–water partition coefficient (Wildman–Crippen LogP) is 2.36. The Hall–Kier alpha value is -1.43. The Morgan fingerprint density at radius 2 is 2.14 bits per heavy atom. The molecule has 6 heteroatoms. The molecule has 0 aliphatic carbocycles. The molecule has 1 aromatic rings. The molecule has 0 N–H and O–H groups in total. The van der Waals surface area contributed by atoms with Crippen molar-refractivity contribution < 1.29 is 14.1 Å². The zero-order valence-corrected chi connectivity index (χ0v) is 13.9. The molecule has 124 valence electrons. The molecule has 0 radical (unpaired) electrons. The largest absolute Gasteiger partial charge is 0.378 e. The van der Waals surface area contributed by atoms with Gasteiger partial charge in [-0.2, -0.15) is 4.98 Å². The topological polar surface area (TPSA) is 68.5 Å². The van der Waals surface area contributed by atoms with Gasteiger partial charge in [-0.05, 0) is 25.2 Å². The van der Waals surface area contributed by atoms with E-state index >= 15 is 0 Å². The van der Waals surface area contributed by atoms with E-state index in [0.717, 1.165) is 32.4 Å². The number of nitrogens with zero attached hydrogens (tertiary/aromatic N) is 3. The second-order valence-electron chi connectivity index (χ2n) is 6.36. The van der Waals surface area contributed by atoms with Crippen molar-refractivity contribution in [2.45, 2.75) is 59.0 Å². The van der Waals surface area contributed by atoms with Gasteiger partial charge >= 0.3 is 0 Å². The fraction of sp³-hybridized carbons (Fsp3) is 0.812. The molecule has 1 amide bonds. The Kier molecular flexibility index (Phi) is 6.36. The van der Waals surface area contributed by atoms with Gasteiger partial charge < -0.3 is 14.2 Å². The normalized spacial score (nSPS) is 16.5. The minimum Gasteiger partial charge on any atom is -0.378 e. The molecule has 0 saturated carbocycles. The molecule has 0 unspecified atom stereocenters. The molecule has 0 spiro atoms. The minimum absolute atomic E-state index is 0.238. The summed E-state index contributed by atoms with van der Waals surface area (Å²) in [5.74, 6) is 2.15. The molecule has 0 aromatic carbocycles. The van der Waals surface area contributed by atoms with E-state index in [9.17, 15) is 4.79 Å². The van der Waals surface area contributed by atoms with Crippen LogP contribution in [-0.2, 0) is 16.0 Å². The van der Waals surface area contributed by atoms with Crippen LogP contribution >= 0.6 is 0 Å². The first-order valence-electron chi connectivity index (χ1n) is 8.23. The van der Waals surface area contributed by atoms with Crippen LogP contribution in [0.1, 0.15) is 51.2 Å². The van der Waals surface area contributed by atoms with Gasteiger partial charge in [0, 0.05) is 32.9 Å². The van der Waals surface area contributed by atoms with Crippen LogP contribution in [0, 0.1) is 12.8 Å². The number of likely N-dealkylation sites (tertiary alicyclic amines) is 1. The number of hydrogen-bond donors (Lipinski definition) is 0. The van der Waals surface area contributed by atoms with Gasteiger partial charge in [0.25, 0.3) is 0 Å². The summed E-state index contributed by atoms with van der Waals surface area (Å²) in [4.78, 5) is 18.2. The zero-order valence-electron chi connectivity index (χ0n) is 13.9. The number of piperidine rings is 1. The van der Waals surface area contributed by atoms with E-state index in [2.05, 4.69) is 24.0 Å². The summed E-state index contributed by atoms with van der Waals surface area (Å²) in [6.45, 7) is 8.30. The van der Waals surface area contributed by atoms with Crippen LogP contribution in [0.5, 0.6) is 0 Å². The number of hydrogen-bond acceptors (Lipinski definition) is 5. The Labute approximate surface area is 132 Å². The lowest BCUT2D eigenvalue weighted by atomic mass is 10.0. The maximum Gasteiger partial charge on any atom is 0.223 e. The van der Waals surface area contributed by atoms with Crippen molar-refractivity contribution in [2.24, 2.45) is 5.92 Å². The van der Waals surface area contributed by atoms with Crippen LogP contribution < -0.4 is 0 Å². The van der Waals surface area contributed by atoms with Crippen molar-refractivity contribution >= 4 is 5.91 Å². The van der Waals surface area contributed by atoms with Gasteiger partial charge in [0.1, 0.15) is 0 Å². The van der Waals surface area contributed by atoms with Gasteiger partial charge in [-0.15, -0.1) is 0 Å². The van der Waals surface area contributed by atoms with Gasteiger partial charge in [-0.3, -0.25) is 4.79 Å². The van der Waals surface area contributed by atoms with Gasteiger partial charge in [-0.25, -0.2) is 0 Å². The maximum atomic E-state index is 12.1. The van der Waals surface area contributed by atoms with Crippen LogP contribution in [0.25, 0.3) is 0 Å². The highest BCUT2D eigenvalue weighted by atomic mass is 16.5. The summed E-state index contributed by atoms with van der Waals surface area (Å²) in [5, 5.41) is 3.85. The third-order valence-electron chi connectivity index (χ3n) is 3.98. The second kappa shape index (κ2) is 8.27. The summed E-state index contributed by atoms with van der Waals surface area (Å²) in [7, 11) is 0. The van der Waals surface area contributed by atoms with Crippen molar-refractivity contribution in [3.63, 3.8) is 0 Å². The summed E-state index contributed by atoms with van der Waals surface area (Å²) in [6, 6.07) is 0. The number of ether oxygens (including phenoxy) is 1. The van der Waals surface area contributed by atoms with E-state index in [-0.39, 0.29) is 12.0 Å². The molecular formula is C16H27N3O3. The lowest BCUT2D eigenvalue weighted by Crippen LogP contribution is -2.41. The van der Waals surface area contributed by atoms with Gasteiger partial charge in [-0.1, -0.05) is 19.0 Å². The zero-order chi connectivity index (χ0) is 15.9. The van der Waals surface area contributed by atoms with E-state index in [1.54, 1.807) is 6.92 Å². The lowest BCUT2D eigenvalue weighted by molar-refractivity contribution is -0.134. The molecule has 6 nitrogen and oxygen atoms in total. The van der Waals surface area contributed by atoms with Crippen molar-refractivity contribution in [2.75, 3.05) is 19.7 Å². The van der Waals surface area contributed by atoms with E-state index in [0.29, 0.717) is 37.1 Å². The number of aryl methyl sites for hydroxylation is 1. The van der Waals surface area contributed by atoms with Crippen LogP contribution in [0.2, 0.25) is 0 Å². The summed E-state index contributed by atoms with van der Waals surface area (Å²) in [5.41, 5.74) is 0. The van der Waals surface area contributed by atoms with Gasteiger partial charge in [0.15, 0.2) is 5.82 Å². The summed E-state index contributed by atoms with van der Waals surface area (Å²) in [6.07, 6.45) is 4.38. The first-order chi connectivity index (χ1) is 10.5. The summed E-state index contributed by atoms with van der Waals surface area (Å²) < 4.78 is 10.8. The SMILES string of the molecule is Cc1nc(CCOC2CCN(C(=O)CCC(C)C)CC2)no1. The average molecular weight is 309 g/mol. The summed E-state index contributed by atoms with van der Waals surface area (Å²) >= 11 is 0. The quantitative estimate of drug-likeness (QED) is 0.773. The van der Waals surface area contributed by atoms with Crippen molar-refractivity contribution in [3.8, 4) is 0 Å². The maximum absolute atomic E-state index is 12.1. The molecule has 1 fully saturated rings. The van der Waals surface area contributed by atoms with Crippen molar-refractivity contribution in [1.29, 1.82) is 0 Å². The number of aromatic nitrogens is 2. The minimum atomic E-state index is 0.238. The Morgan fingerprint density at radius 3 is 2.73 bits per heavy atom. The highest BCUT2D eigenvalue weighted by molar-refractivity contribution is 5.76. The molecule has 1 saturated heterocycles. The highest BCUT2D eigenvalue weighted by Gasteiger charge is 2.23. The van der Waals surface area contributed by atoms with Gasteiger partial charge in [0.05, 0.1) is 12.7 Å². The Bertz CT molecular complexity index is 465. The molecule has 1 aromatic heterocycles. The van der Waals surface area contributed by atoms with E-state index in [4.69, 9.17) is 9.26 Å². The van der Waals surface area contributed by atoms with Crippen LogP contribution in [-0.4, -0.2) is 46.7 Å². The molecule has 2 heterocycles. The monoisotopic (exact) mass is 309 g/mol. The van der Waals surface area contributed by atoms with Crippen molar-refractivity contribution in [1.82, 2.24) is 15.0 Å². The Balaban J connectivity index is 1.61. The second-order valence-corrected chi connectivity index (χ2v) is 6.36. The van der Waals surface area contributed by atoms with Crippen LogP contribution in [0.15, 0.2) is 4.52 Å². The molecule has 0 atom stereocenters. The van der Waals surface area contributed by atoms with Crippen molar-refractivity contribution in [3.05, 3.63) is 11.7 Å².